The molecule has 3 rings (SSSR count). The number of ether oxygens (including phenoxy) is 2. The second-order valence-electron chi connectivity index (χ2n) is 6.77. The number of rotatable bonds is 8. The number of benzene rings is 1. The Morgan fingerprint density at radius 1 is 1.10 bits per heavy atom. The van der Waals surface area contributed by atoms with Crippen molar-refractivity contribution in [1.29, 1.82) is 0 Å². The summed E-state index contributed by atoms with van der Waals surface area (Å²) in [6.07, 6.45) is 1.83. The topological polar surface area (TPSA) is 71.0 Å². The molecule has 1 aliphatic heterocycles. The standard InChI is InChI=1S/C22H31N5O2.HI/c1-4-23-22(25-14-17-11-12-21(24-13-17)27(5-2)6-3)26-15-18-16-28-19-9-7-8-10-20(19)29-18;/h7-13,18H,4-6,14-16H2,1-3H3,(H2,23,25,26);1H. The molecule has 7 nitrogen and oxygen atoms in total. The van der Waals surface area contributed by atoms with Crippen molar-refractivity contribution in [2.45, 2.75) is 33.4 Å². The van der Waals surface area contributed by atoms with E-state index in [2.05, 4.69) is 51.5 Å². The predicted molar refractivity (Wildman–Crippen MR) is 132 cm³/mol. The summed E-state index contributed by atoms with van der Waals surface area (Å²) in [6.45, 7) is 10.7. The number of nitrogens with one attached hydrogen (secondary N) is 2. The molecule has 0 fully saturated rings. The third kappa shape index (κ3) is 6.65. The van der Waals surface area contributed by atoms with Crippen molar-refractivity contribution in [3.05, 3.63) is 48.2 Å². The van der Waals surface area contributed by atoms with Gasteiger partial charge in [-0.15, -0.1) is 24.0 Å². The van der Waals surface area contributed by atoms with Gasteiger partial charge in [0.2, 0.25) is 0 Å². The Balaban J connectivity index is 0.00000320. The largest absolute Gasteiger partial charge is 0.486 e. The van der Waals surface area contributed by atoms with Gasteiger partial charge in [0, 0.05) is 25.8 Å². The molecule has 0 radical (unpaired) electrons. The number of guanidine groups is 1. The lowest BCUT2D eigenvalue weighted by atomic mass is 10.2. The zero-order chi connectivity index (χ0) is 20.5. The fraction of sp³-hybridized carbons (Fsp3) is 0.455. The Morgan fingerprint density at radius 2 is 1.87 bits per heavy atom. The minimum Gasteiger partial charge on any atom is -0.486 e. The van der Waals surface area contributed by atoms with Crippen LogP contribution in [0.4, 0.5) is 5.82 Å². The molecule has 164 valence electrons. The molecule has 1 atom stereocenters. The molecule has 0 saturated carbocycles. The van der Waals surface area contributed by atoms with Crippen LogP contribution in [0.1, 0.15) is 26.3 Å². The van der Waals surface area contributed by atoms with Crippen molar-refractivity contribution >= 4 is 35.8 Å². The molecular formula is C22H32IN5O2. The molecule has 0 amide bonds. The lowest BCUT2D eigenvalue weighted by Crippen LogP contribution is -2.45. The number of nitrogens with zero attached hydrogens (tertiary/aromatic N) is 3. The molecule has 0 aliphatic carbocycles. The van der Waals surface area contributed by atoms with Crippen molar-refractivity contribution in [3.8, 4) is 11.5 Å². The number of aromatic nitrogens is 1. The SMILES string of the molecule is CCNC(=NCc1ccc(N(CC)CC)nc1)NCC1COc2ccccc2O1.I. The molecule has 0 saturated heterocycles. The van der Waals surface area contributed by atoms with E-state index < -0.39 is 0 Å². The minimum absolute atomic E-state index is 0. The number of aliphatic imine (C=N–C) groups is 1. The summed E-state index contributed by atoms with van der Waals surface area (Å²) in [5.41, 5.74) is 1.07. The van der Waals surface area contributed by atoms with Crippen LogP contribution in [0, 0.1) is 0 Å². The van der Waals surface area contributed by atoms with Gasteiger partial charge >= 0.3 is 0 Å². The smallest absolute Gasteiger partial charge is 0.191 e. The zero-order valence-corrected chi connectivity index (χ0v) is 20.3. The molecule has 1 unspecified atom stereocenters. The Labute approximate surface area is 196 Å². The fourth-order valence-electron chi connectivity index (χ4n) is 3.13. The third-order valence-corrected chi connectivity index (χ3v) is 4.73. The average Bonchev–Trinajstić information content (AvgIpc) is 2.77. The second kappa shape index (κ2) is 12.5. The number of halogens is 1. The van der Waals surface area contributed by atoms with Crippen LogP contribution in [-0.4, -0.2) is 49.8 Å². The number of para-hydroxylation sites is 2. The van der Waals surface area contributed by atoms with Gasteiger partial charge in [-0.05, 0) is 44.5 Å². The minimum atomic E-state index is -0.0659. The van der Waals surface area contributed by atoms with E-state index in [9.17, 15) is 0 Å². The Bertz CT molecular complexity index is 796. The second-order valence-corrected chi connectivity index (χ2v) is 6.77. The van der Waals surface area contributed by atoms with Gasteiger partial charge in [0.25, 0.3) is 0 Å². The predicted octanol–water partition coefficient (Wildman–Crippen LogP) is 3.44. The summed E-state index contributed by atoms with van der Waals surface area (Å²) >= 11 is 0. The molecule has 2 aromatic rings. The highest BCUT2D eigenvalue weighted by Gasteiger charge is 2.20. The van der Waals surface area contributed by atoms with Crippen LogP contribution in [0.25, 0.3) is 0 Å². The van der Waals surface area contributed by atoms with Crippen LogP contribution in [0.3, 0.4) is 0 Å². The number of pyridine rings is 1. The van der Waals surface area contributed by atoms with Crippen molar-refractivity contribution in [2.24, 2.45) is 4.99 Å². The van der Waals surface area contributed by atoms with Crippen LogP contribution in [-0.2, 0) is 6.54 Å². The molecule has 1 aliphatic rings. The van der Waals surface area contributed by atoms with Crippen molar-refractivity contribution in [1.82, 2.24) is 15.6 Å². The van der Waals surface area contributed by atoms with Crippen LogP contribution < -0.4 is 25.0 Å². The third-order valence-electron chi connectivity index (χ3n) is 4.73. The maximum absolute atomic E-state index is 6.00. The first-order valence-electron chi connectivity index (χ1n) is 10.3. The first-order chi connectivity index (χ1) is 14.2. The molecule has 2 heterocycles. The first kappa shape index (κ1) is 24.0. The van der Waals surface area contributed by atoms with Gasteiger partial charge in [-0.1, -0.05) is 18.2 Å². The summed E-state index contributed by atoms with van der Waals surface area (Å²) in [6, 6.07) is 11.9. The van der Waals surface area contributed by atoms with Crippen molar-refractivity contribution < 1.29 is 9.47 Å². The maximum Gasteiger partial charge on any atom is 0.191 e. The van der Waals surface area contributed by atoms with Crippen LogP contribution >= 0.6 is 24.0 Å². The lowest BCUT2D eigenvalue weighted by molar-refractivity contribution is 0.0936. The summed E-state index contributed by atoms with van der Waals surface area (Å²) in [7, 11) is 0. The molecule has 30 heavy (non-hydrogen) atoms. The normalized spacial score (nSPS) is 15.2. The van der Waals surface area contributed by atoms with E-state index >= 15 is 0 Å². The van der Waals surface area contributed by atoms with E-state index in [4.69, 9.17) is 9.47 Å². The highest BCUT2D eigenvalue weighted by Crippen LogP contribution is 2.30. The molecule has 2 N–H and O–H groups in total. The van der Waals surface area contributed by atoms with Gasteiger partial charge in [0.1, 0.15) is 18.5 Å². The van der Waals surface area contributed by atoms with E-state index in [1.54, 1.807) is 0 Å². The summed E-state index contributed by atoms with van der Waals surface area (Å²) in [5.74, 6) is 3.34. The first-order valence-corrected chi connectivity index (χ1v) is 10.3. The monoisotopic (exact) mass is 525 g/mol. The summed E-state index contributed by atoms with van der Waals surface area (Å²) in [5, 5.41) is 6.62. The summed E-state index contributed by atoms with van der Waals surface area (Å²) in [4.78, 5) is 11.5. The van der Waals surface area contributed by atoms with E-state index in [1.165, 1.54) is 0 Å². The van der Waals surface area contributed by atoms with Crippen molar-refractivity contribution in [2.75, 3.05) is 37.7 Å². The lowest BCUT2D eigenvalue weighted by Gasteiger charge is -2.27. The van der Waals surface area contributed by atoms with Gasteiger partial charge < -0.3 is 25.0 Å². The molecule has 0 bridgehead atoms. The Hall–Kier alpha value is -2.23. The number of fused-ring (bicyclic) bond motifs is 1. The number of anilines is 1. The van der Waals surface area contributed by atoms with Crippen LogP contribution in [0.2, 0.25) is 0 Å². The van der Waals surface area contributed by atoms with E-state index in [1.807, 2.05) is 37.4 Å². The molecule has 1 aromatic heterocycles. The number of hydrogen-bond acceptors (Lipinski definition) is 5. The van der Waals surface area contributed by atoms with Crippen molar-refractivity contribution in [3.63, 3.8) is 0 Å². The highest BCUT2D eigenvalue weighted by molar-refractivity contribution is 14.0. The number of hydrogen-bond donors (Lipinski definition) is 2. The molecule has 0 spiro atoms. The quantitative estimate of drug-likeness (QED) is 0.313. The van der Waals surface area contributed by atoms with E-state index in [0.717, 1.165) is 48.5 Å². The maximum atomic E-state index is 6.00. The summed E-state index contributed by atoms with van der Waals surface area (Å²) < 4.78 is 11.8. The Kier molecular flexibility index (Phi) is 9.99. The van der Waals surface area contributed by atoms with Crippen LogP contribution in [0.5, 0.6) is 11.5 Å². The zero-order valence-electron chi connectivity index (χ0n) is 17.9. The van der Waals surface area contributed by atoms with Gasteiger partial charge in [-0.25, -0.2) is 9.98 Å². The van der Waals surface area contributed by atoms with Gasteiger partial charge in [0.15, 0.2) is 17.5 Å². The Morgan fingerprint density at radius 3 is 2.53 bits per heavy atom. The fourth-order valence-corrected chi connectivity index (χ4v) is 3.13. The van der Waals surface area contributed by atoms with Gasteiger partial charge in [0.05, 0.1) is 13.1 Å². The average molecular weight is 525 g/mol. The van der Waals surface area contributed by atoms with Gasteiger partial charge in [-0.2, -0.15) is 0 Å². The van der Waals surface area contributed by atoms with Crippen LogP contribution in [0.15, 0.2) is 47.6 Å². The molecular weight excluding hydrogens is 493 g/mol. The molecule has 8 heteroatoms. The van der Waals surface area contributed by atoms with Gasteiger partial charge in [-0.3, -0.25) is 0 Å². The molecule has 1 aromatic carbocycles. The van der Waals surface area contributed by atoms with E-state index in [0.29, 0.717) is 19.7 Å². The van der Waals surface area contributed by atoms with E-state index in [-0.39, 0.29) is 30.1 Å². The highest BCUT2D eigenvalue weighted by atomic mass is 127.